The van der Waals surface area contributed by atoms with Gasteiger partial charge in [-0.05, 0) is 51.7 Å². The molecule has 1 aromatic carbocycles. The average molecular weight is 288 g/mol. The smallest absolute Gasteiger partial charge is 0.410 e. The summed E-state index contributed by atoms with van der Waals surface area (Å²) in [5.41, 5.74) is 2.35. The summed E-state index contributed by atoms with van der Waals surface area (Å²) < 4.78 is 5.46. The SMILES string of the molecule is CC(C)(C)OC(=O)N1CCC2(CC1)Cc1ccccc1N2. The zero-order chi connectivity index (χ0) is 15.1. The number of carbonyl (C=O) groups is 1. The van der Waals surface area contributed by atoms with Crippen LogP contribution in [0, 0.1) is 0 Å². The first-order valence-electron chi connectivity index (χ1n) is 7.71. The molecule has 2 heterocycles. The second kappa shape index (κ2) is 4.93. The standard InChI is InChI=1S/C17H24N2O2/c1-16(2,3)21-15(20)19-10-8-17(9-11-19)12-13-6-4-5-7-14(13)18-17/h4-7,18H,8-12H2,1-3H3. The van der Waals surface area contributed by atoms with Crippen molar-refractivity contribution in [3.63, 3.8) is 0 Å². The third-order valence-corrected chi connectivity index (χ3v) is 4.32. The van der Waals surface area contributed by atoms with Crippen LogP contribution < -0.4 is 5.32 Å². The highest BCUT2D eigenvalue weighted by molar-refractivity contribution is 5.68. The van der Waals surface area contributed by atoms with Gasteiger partial charge in [-0.3, -0.25) is 0 Å². The van der Waals surface area contributed by atoms with Gasteiger partial charge in [-0.25, -0.2) is 4.79 Å². The first-order valence-corrected chi connectivity index (χ1v) is 7.71. The van der Waals surface area contributed by atoms with E-state index in [0.29, 0.717) is 0 Å². The fourth-order valence-corrected chi connectivity index (χ4v) is 3.24. The van der Waals surface area contributed by atoms with Gasteiger partial charge in [0.2, 0.25) is 0 Å². The molecule has 1 spiro atoms. The molecule has 4 nitrogen and oxygen atoms in total. The number of carbonyl (C=O) groups excluding carboxylic acids is 1. The number of amides is 1. The van der Waals surface area contributed by atoms with Gasteiger partial charge in [0.25, 0.3) is 0 Å². The Balaban J connectivity index is 1.61. The number of nitrogens with zero attached hydrogens (tertiary/aromatic N) is 1. The summed E-state index contributed by atoms with van der Waals surface area (Å²) in [5, 5.41) is 3.68. The topological polar surface area (TPSA) is 41.6 Å². The van der Waals surface area contributed by atoms with Gasteiger partial charge in [0.1, 0.15) is 5.60 Å². The third kappa shape index (κ3) is 2.99. The zero-order valence-electron chi connectivity index (χ0n) is 13.1. The summed E-state index contributed by atoms with van der Waals surface area (Å²) >= 11 is 0. The molecule has 0 radical (unpaired) electrons. The van der Waals surface area contributed by atoms with Crippen LogP contribution in [0.25, 0.3) is 0 Å². The number of nitrogens with one attached hydrogen (secondary N) is 1. The lowest BCUT2D eigenvalue weighted by Crippen LogP contribution is -2.50. The van der Waals surface area contributed by atoms with Crippen molar-refractivity contribution in [2.24, 2.45) is 0 Å². The Morgan fingerprint density at radius 1 is 1.24 bits per heavy atom. The molecule has 0 aromatic heterocycles. The van der Waals surface area contributed by atoms with Crippen LogP contribution in [0.4, 0.5) is 10.5 Å². The molecule has 0 atom stereocenters. The number of piperidine rings is 1. The van der Waals surface area contributed by atoms with E-state index < -0.39 is 5.60 Å². The molecule has 1 saturated heterocycles. The van der Waals surface area contributed by atoms with Gasteiger partial charge in [-0.15, -0.1) is 0 Å². The highest BCUT2D eigenvalue weighted by Gasteiger charge is 2.40. The fraction of sp³-hybridized carbons (Fsp3) is 0.588. The van der Waals surface area contributed by atoms with Crippen molar-refractivity contribution in [1.29, 1.82) is 0 Å². The van der Waals surface area contributed by atoms with Crippen molar-refractivity contribution in [2.75, 3.05) is 18.4 Å². The first kappa shape index (κ1) is 14.2. The quantitative estimate of drug-likeness (QED) is 0.795. The Morgan fingerprint density at radius 2 is 1.90 bits per heavy atom. The molecule has 0 unspecified atom stereocenters. The lowest BCUT2D eigenvalue weighted by atomic mass is 9.85. The molecule has 1 amide bonds. The van der Waals surface area contributed by atoms with E-state index in [4.69, 9.17) is 4.74 Å². The number of hydrogen-bond donors (Lipinski definition) is 1. The average Bonchev–Trinajstić information content (AvgIpc) is 2.75. The predicted octanol–water partition coefficient (Wildman–Crippen LogP) is 3.42. The molecule has 4 heteroatoms. The molecule has 0 aliphatic carbocycles. The molecule has 21 heavy (non-hydrogen) atoms. The number of para-hydroxylation sites is 1. The van der Waals surface area contributed by atoms with E-state index >= 15 is 0 Å². The van der Waals surface area contributed by atoms with Crippen LogP contribution in [0.1, 0.15) is 39.2 Å². The summed E-state index contributed by atoms with van der Waals surface area (Å²) in [6.07, 6.45) is 2.82. The summed E-state index contributed by atoms with van der Waals surface area (Å²) in [7, 11) is 0. The highest BCUT2D eigenvalue weighted by atomic mass is 16.6. The van der Waals surface area contributed by atoms with Crippen LogP contribution in [0.5, 0.6) is 0 Å². The number of fused-ring (bicyclic) bond motifs is 1. The fourth-order valence-electron chi connectivity index (χ4n) is 3.24. The second-order valence-corrected chi connectivity index (χ2v) is 7.21. The van der Waals surface area contributed by atoms with Gasteiger partial charge in [-0.2, -0.15) is 0 Å². The normalized spacial score (nSPS) is 20.0. The Hall–Kier alpha value is -1.71. The van der Waals surface area contributed by atoms with Crippen molar-refractivity contribution in [3.05, 3.63) is 29.8 Å². The Labute approximate surface area is 126 Å². The minimum Gasteiger partial charge on any atom is -0.444 e. The maximum absolute atomic E-state index is 12.1. The largest absolute Gasteiger partial charge is 0.444 e. The Kier molecular flexibility index (Phi) is 3.34. The van der Waals surface area contributed by atoms with E-state index in [9.17, 15) is 4.79 Å². The van der Waals surface area contributed by atoms with Gasteiger partial charge < -0.3 is 15.0 Å². The third-order valence-electron chi connectivity index (χ3n) is 4.32. The van der Waals surface area contributed by atoms with E-state index in [1.165, 1.54) is 11.3 Å². The number of hydrogen-bond acceptors (Lipinski definition) is 3. The lowest BCUT2D eigenvalue weighted by Gasteiger charge is -2.40. The monoisotopic (exact) mass is 288 g/mol. The number of anilines is 1. The lowest BCUT2D eigenvalue weighted by molar-refractivity contribution is 0.0180. The van der Waals surface area contributed by atoms with Crippen LogP contribution in [-0.2, 0) is 11.2 Å². The van der Waals surface area contributed by atoms with Crippen LogP contribution in [0.15, 0.2) is 24.3 Å². The van der Waals surface area contributed by atoms with Crippen molar-refractivity contribution in [1.82, 2.24) is 4.90 Å². The number of ether oxygens (including phenoxy) is 1. The Bertz CT molecular complexity index is 513. The molecular weight excluding hydrogens is 264 g/mol. The number of likely N-dealkylation sites (tertiary alicyclic amines) is 1. The summed E-state index contributed by atoms with van der Waals surface area (Å²) in [4.78, 5) is 14.0. The van der Waals surface area contributed by atoms with Crippen molar-refractivity contribution < 1.29 is 9.53 Å². The minimum absolute atomic E-state index is 0.127. The van der Waals surface area contributed by atoms with Crippen molar-refractivity contribution in [3.8, 4) is 0 Å². The van der Waals surface area contributed by atoms with E-state index in [0.717, 1.165) is 32.4 Å². The first-order chi connectivity index (χ1) is 9.87. The summed E-state index contributed by atoms with van der Waals surface area (Å²) in [6.45, 7) is 7.24. The molecule has 0 saturated carbocycles. The molecule has 0 bridgehead atoms. The molecule has 114 valence electrons. The van der Waals surface area contributed by atoms with Crippen LogP contribution in [-0.4, -0.2) is 35.2 Å². The van der Waals surface area contributed by atoms with Gasteiger partial charge in [0.15, 0.2) is 0 Å². The van der Waals surface area contributed by atoms with Gasteiger partial charge in [-0.1, -0.05) is 18.2 Å². The van der Waals surface area contributed by atoms with Gasteiger partial charge >= 0.3 is 6.09 Å². The summed E-state index contributed by atoms with van der Waals surface area (Å²) in [6, 6.07) is 8.50. The van der Waals surface area contributed by atoms with Gasteiger partial charge in [0, 0.05) is 24.3 Å². The van der Waals surface area contributed by atoms with Crippen LogP contribution in [0.2, 0.25) is 0 Å². The van der Waals surface area contributed by atoms with Crippen molar-refractivity contribution in [2.45, 2.75) is 51.2 Å². The van der Waals surface area contributed by atoms with Crippen LogP contribution >= 0.6 is 0 Å². The molecule has 2 aliphatic heterocycles. The second-order valence-electron chi connectivity index (χ2n) is 7.21. The van der Waals surface area contributed by atoms with Gasteiger partial charge in [0.05, 0.1) is 0 Å². The summed E-state index contributed by atoms with van der Waals surface area (Å²) in [5.74, 6) is 0. The molecule has 1 N–H and O–H groups in total. The maximum Gasteiger partial charge on any atom is 0.410 e. The minimum atomic E-state index is -0.423. The van der Waals surface area contributed by atoms with E-state index in [2.05, 4.69) is 29.6 Å². The van der Waals surface area contributed by atoms with E-state index in [1.54, 1.807) is 0 Å². The molecular formula is C17H24N2O2. The molecule has 1 fully saturated rings. The predicted molar refractivity (Wildman–Crippen MR) is 83.5 cm³/mol. The highest BCUT2D eigenvalue weighted by Crippen LogP contribution is 2.38. The molecule has 1 aromatic rings. The maximum atomic E-state index is 12.1. The van der Waals surface area contributed by atoms with E-state index in [-0.39, 0.29) is 11.6 Å². The molecule has 3 rings (SSSR count). The number of rotatable bonds is 0. The molecule has 2 aliphatic rings. The zero-order valence-corrected chi connectivity index (χ0v) is 13.1. The van der Waals surface area contributed by atoms with E-state index in [1.807, 2.05) is 25.7 Å². The Morgan fingerprint density at radius 3 is 2.52 bits per heavy atom. The van der Waals surface area contributed by atoms with Crippen LogP contribution in [0.3, 0.4) is 0 Å². The number of benzene rings is 1. The van der Waals surface area contributed by atoms with Crippen molar-refractivity contribution >= 4 is 11.8 Å².